The molecule has 0 spiro atoms. The molecule has 1 aliphatic heterocycles. The molecule has 178 valence electrons. The molecule has 7 nitrogen and oxygen atoms in total. The number of pyridine rings is 1. The Hall–Kier alpha value is -3.37. The molecule has 0 bridgehead atoms. The van der Waals surface area contributed by atoms with E-state index in [1.165, 1.54) is 0 Å². The number of hydrogen-bond donors (Lipinski definition) is 1. The van der Waals surface area contributed by atoms with E-state index in [2.05, 4.69) is 16.8 Å². The Morgan fingerprint density at radius 3 is 2.65 bits per heavy atom. The molecule has 1 saturated carbocycles. The van der Waals surface area contributed by atoms with Crippen molar-refractivity contribution in [2.45, 2.75) is 38.8 Å². The Labute approximate surface area is 200 Å². The maximum Gasteiger partial charge on any atom is 0.259 e. The van der Waals surface area contributed by atoms with Gasteiger partial charge in [-0.25, -0.2) is 4.98 Å². The standard InChI is InChI=1S/C27H31N3O4/c1-18-15-30(19(2)17-31)27(33)23-13-21(10-9-20-7-5-4-6-8-20)14-28-25(23)34-24(18)16-29(3)26(32)22-11-12-22/h4-8,13-14,18-19,22,24,31H,11-12,15-17H2,1-3H3/t18-,19+,24+/m0/s1. The number of fused-ring (bicyclic) bond motifs is 1. The molecule has 4 rings (SSSR count). The van der Waals surface area contributed by atoms with Gasteiger partial charge in [0.25, 0.3) is 5.91 Å². The number of hydrogen-bond acceptors (Lipinski definition) is 5. The minimum atomic E-state index is -0.369. The van der Waals surface area contributed by atoms with Crippen molar-refractivity contribution in [3.05, 3.63) is 59.3 Å². The molecule has 0 saturated heterocycles. The van der Waals surface area contributed by atoms with Crippen LogP contribution in [0.2, 0.25) is 0 Å². The lowest BCUT2D eigenvalue weighted by molar-refractivity contribution is -0.132. The molecule has 2 heterocycles. The van der Waals surface area contributed by atoms with Crippen LogP contribution < -0.4 is 4.74 Å². The Morgan fingerprint density at radius 1 is 1.26 bits per heavy atom. The van der Waals surface area contributed by atoms with Gasteiger partial charge in [0.15, 0.2) is 0 Å². The van der Waals surface area contributed by atoms with Crippen molar-refractivity contribution in [3.63, 3.8) is 0 Å². The zero-order chi connectivity index (χ0) is 24.2. The highest BCUT2D eigenvalue weighted by atomic mass is 16.5. The molecule has 0 radical (unpaired) electrons. The van der Waals surface area contributed by atoms with Crippen molar-refractivity contribution >= 4 is 11.8 Å². The largest absolute Gasteiger partial charge is 0.472 e. The van der Waals surface area contributed by atoms with E-state index in [0.29, 0.717) is 24.2 Å². The first kappa shape index (κ1) is 23.8. The van der Waals surface area contributed by atoms with Crippen LogP contribution in [-0.4, -0.2) is 70.6 Å². The van der Waals surface area contributed by atoms with Crippen LogP contribution in [0.1, 0.15) is 48.2 Å². The molecule has 2 aromatic rings. The van der Waals surface area contributed by atoms with Gasteiger partial charge in [-0.3, -0.25) is 9.59 Å². The molecule has 2 aliphatic rings. The second-order valence-electron chi connectivity index (χ2n) is 9.31. The quantitative estimate of drug-likeness (QED) is 0.692. The smallest absolute Gasteiger partial charge is 0.259 e. The number of aliphatic hydroxyl groups is 1. The molecular weight excluding hydrogens is 430 g/mol. The molecule has 34 heavy (non-hydrogen) atoms. The number of aliphatic hydroxyl groups excluding tert-OH is 1. The van der Waals surface area contributed by atoms with Gasteiger partial charge < -0.3 is 19.6 Å². The van der Waals surface area contributed by atoms with E-state index in [9.17, 15) is 14.7 Å². The summed E-state index contributed by atoms with van der Waals surface area (Å²) in [6.45, 7) is 4.46. The number of benzene rings is 1. The monoisotopic (exact) mass is 461 g/mol. The minimum Gasteiger partial charge on any atom is -0.472 e. The fourth-order valence-corrected chi connectivity index (χ4v) is 4.06. The summed E-state index contributed by atoms with van der Waals surface area (Å²) in [5, 5.41) is 9.80. The van der Waals surface area contributed by atoms with Gasteiger partial charge in [-0.15, -0.1) is 0 Å². The van der Waals surface area contributed by atoms with Crippen molar-refractivity contribution in [1.82, 2.24) is 14.8 Å². The van der Waals surface area contributed by atoms with Gasteiger partial charge >= 0.3 is 0 Å². The van der Waals surface area contributed by atoms with E-state index in [1.54, 1.807) is 29.1 Å². The van der Waals surface area contributed by atoms with Crippen molar-refractivity contribution in [3.8, 4) is 17.7 Å². The molecule has 7 heteroatoms. The van der Waals surface area contributed by atoms with Gasteiger partial charge in [-0.05, 0) is 38.0 Å². The Bertz CT molecular complexity index is 1100. The van der Waals surface area contributed by atoms with Gasteiger partial charge in [-0.1, -0.05) is 37.0 Å². The summed E-state index contributed by atoms with van der Waals surface area (Å²) < 4.78 is 6.26. The van der Waals surface area contributed by atoms with Crippen molar-refractivity contribution in [2.24, 2.45) is 11.8 Å². The van der Waals surface area contributed by atoms with Crippen molar-refractivity contribution in [1.29, 1.82) is 0 Å². The van der Waals surface area contributed by atoms with E-state index in [4.69, 9.17) is 4.74 Å². The van der Waals surface area contributed by atoms with E-state index in [1.807, 2.05) is 44.2 Å². The van der Waals surface area contributed by atoms with Gasteiger partial charge in [0.1, 0.15) is 11.7 Å². The molecule has 1 aliphatic carbocycles. The van der Waals surface area contributed by atoms with Crippen LogP contribution in [-0.2, 0) is 4.79 Å². The first-order valence-corrected chi connectivity index (χ1v) is 11.8. The highest BCUT2D eigenvalue weighted by Crippen LogP contribution is 2.32. The van der Waals surface area contributed by atoms with Crippen LogP contribution >= 0.6 is 0 Å². The van der Waals surface area contributed by atoms with Gasteiger partial charge in [-0.2, -0.15) is 0 Å². The normalized spacial score (nSPS) is 20.7. The molecule has 1 aromatic carbocycles. The average Bonchev–Trinajstić information content (AvgIpc) is 3.70. The number of rotatable bonds is 5. The summed E-state index contributed by atoms with van der Waals surface area (Å²) in [6, 6.07) is 10.9. The third-order valence-electron chi connectivity index (χ3n) is 6.40. The van der Waals surface area contributed by atoms with Crippen LogP contribution in [0.15, 0.2) is 42.6 Å². The predicted molar refractivity (Wildman–Crippen MR) is 128 cm³/mol. The van der Waals surface area contributed by atoms with Crippen molar-refractivity contribution < 1.29 is 19.4 Å². The first-order valence-electron chi connectivity index (χ1n) is 11.8. The highest BCUT2D eigenvalue weighted by Gasteiger charge is 2.37. The highest BCUT2D eigenvalue weighted by molar-refractivity contribution is 5.97. The zero-order valence-corrected chi connectivity index (χ0v) is 19.9. The summed E-state index contributed by atoms with van der Waals surface area (Å²) in [4.78, 5) is 33.8. The van der Waals surface area contributed by atoms with Gasteiger partial charge in [0.05, 0.1) is 19.2 Å². The number of nitrogens with zero attached hydrogens (tertiary/aromatic N) is 3. The minimum absolute atomic E-state index is 0.0695. The first-order chi connectivity index (χ1) is 16.4. The molecule has 3 atom stereocenters. The van der Waals surface area contributed by atoms with Crippen LogP contribution in [0.25, 0.3) is 0 Å². The predicted octanol–water partition coefficient (Wildman–Crippen LogP) is 2.57. The number of aromatic nitrogens is 1. The second-order valence-corrected chi connectivity index (χ2v) is 9.31. The summed E-state index contributed by atoms with van der Waals surface area (Å²) in [5.74, 6) is 6.33. The number of ether oxygens (including phenoxy) is 1. The maximum atomic E-state index is 13.5. The lowest BCUT2D eigenvalue weighted by Gasteiger charge is -2.37. The third-order valence-corrected chi connectivity index (χ3v) is 6.40. The molecule has 1 aromatic heterocycles. The fraction of sp³-hybridized carbons (Fsp3) is 0.444. The van der Waals surface area contributed by atoms with E-state index in [-0.39, 0.29) is 48.3 Å². The molecule has 1 fully saturated rings. The number of carbonyl (C=O) groups excluding carboxylic acids is 2. The summed E-state index contributed by atoms with van der Waals surface area (Å²) in [6.07, 6.45) is 3.14. The zero-order valence-electron chi connectivity index (χ0n) is 19.9. The van der Waals surface area contributed by atoms with E-state index < -0.39 is 0 Å². The Morgan fingerprint density at radius 2 is 1.97 bits per heavy atom. The van der Waals surface area contributed by atoms with E-state index in [0.717, 1.165) is 18.4 Å². The third kappa shape index (κ3) is 5.40. The topological polar surface area (TPSA) is 83.0 Å². The Balaban J connectivity index is 1.66. The Kier molecular flexibility index (Phi) is 7.18. The fourth-order valence-electron chi connectivity index (χ4n) is 4.06. The maximum absolute atomic E-state index is 13.5. The molecular formula is C27H31N3O4. The summed E-state index contributed by atoms with van der Waals surface area (Å²) in [5.41, 5.74) is 1.78. The second kappa shape index (κ2) is 10.3. The lowest BCUT2D eigenvalue weighted by atomic mass is 9.99. The van der Waals surface area contributed by atoms with Gasteiger partial charge in [0.2, 0.25) is 11.8 Å². The van der Waals surface area contributed by atoms with E-state index >= 15 is 0 Å². The van der Waals surface area contributed by atoms with Crippen LogP contribution in [0.5, 0.6) is 5.88 Å². The SMILES string of the molecule is C[C@H](CO)N1C[C@H](C)[C@@H](CN(C)C(=O)C2CC2)Oc2ncc(C#Cc3ccccc3)cc2C1=O. The summed E-state index contributed by atoms with van der Waals surface area (Å²) in [7, 11) is 1.80. The van der Waals surface area contributed by atoms with Gasteiger partial charge in [0, 0.05) is 42.8 Å². The number of likely N-dealkylation sites (N-methyl/N-ethyl adjacent to an activating group) is 1. The molecule has 1 N–H and O–H groups in total. The molecule has 0 unspecified atom stereocenters. The average molecular weight is 462 g/mol. The van der Waals surface area contributed by atoms with Crippen LogP contribution in [0.3, 0.4) is 0 Å². The number of amides is 2. The lowest BCUT2D eigenvalue weighted by Crippen LogP contribution is -2.50. The van der Waals surface area contributed by atoms with Crippen molar-refractivity contribution in [2.75, 3.05) is 26.7 Å². The van der Waals surface area contributed by atoms with Crippen LogP contribution in [0.4, 0.5) is 0 Å². The van der Waals surface area contributed by atoms with Crippen LogP contribution in [0, 0.1) is 23.7 Å². The molecule has 2 amide bonds. The number of carbonyl (C=O) groups is 2. The summed E-state index contributed by atoms with van der Waals surface area (Å²) >= 11 is 0.